The molecule has 2 heterocycles. The van der Waals surface area contributed by atoms with E-state index in [1.54, 1.807) is 11.8 Å². The van der Waals surface area contributed by atoms with Gasteiger partial charge < -0.3 is 19.5 Å². The van der Waals surface area contributed by atoms with E-state index < -0.39 is 12.0 Å². The predicted octanol–water partition coefficient (Wildman–Crippen LogP) is 4.66. The third-order valence-corrected chi connectivity index (χ3v) is 7.00. The number of hydrogen-bond donors (Lipinski definition) is 1. The van der Waals surface area contributed by atoms with Gasteiger partial charge in [-0.25, -0.2) is 9.59 Å². The molecule has 2 aliphatic rings. The SMILES string of the molecule is CCOC(=O)C1=C(CN2CCC(C(=O)OCC)CC2)N(CC)C(=O)NC1c1cccc(Oc2ccccc2)c1. The highest BCUT2D eigenvalue weighted by atomic mass is 16.5. The molecule has 1 N–H and O–H groups in total. The Morgan fingerprint density at radius 3 is 2.28 bits per heavy atom. The number of rotatable bonds is 10. The van der Waals surface area contributed by atoms with Crippen molar-refractivity contribution in [2.24, 2.45) is 5.92 Å². The number of likely N-dealkylation sites (N-methyl/N-ethyl adjacent to an activating group) is 1. The fourth-order valence-corrected chi connectivity index (χ4v) is 5.09. The van der Waals surface area contributed by atoms with Crippen molar-refractivity contribution < 1.29 is 28.6 Å². The highest BCUT2D eigenvalue weighted by Crippen LogP contribution is 2.35. The molecule has 1 fully saturated rings. The molecule has 2 aromatic carbocycles. The van der Waals surface area contributed by atoms with E-state index in [0.29, 0.717) is 74.0 Å². The highest BCUT2D eigenvalue weighted by molar-refractivity contribution is 5.95. The molecule has 208 valence electrons. The Labute approximate surface area is 229 Å². The third-order valence-electron chi connectivity index (χ3n) is 7.00. The van der Waals surface area contributed by atoms with Gasteiger partial charge in [-0.3, -0.25) is 14.6 Å². The van der Waals surface area contributed by atoms with E-state index >= 15 is 0 Å². The van der Waals surface area contributed by atoms with Crippen LogP contribution in [0.4, 0.5) is 4.79 Å². The van der Waals surface area contributed by atoms with Gasteiger partial charge in [0.15, 0.2) is 0 Å². The number of amides is 2. The van der Waals surface area contributed by atoms with Gasteiger partial charge in [0.05, 0.1) is 30.7 Å². The average molecular weight is 536 g/mol. The van der Waals surface area contributed by atoms with Crippen molar-refractivity contribution in [3.63, 3.8) is 0 Å². The van der Waals surface area contributed by atoms with Gasteiger partial charge in [-0.1, -0.05) is 30.3 Å². The highest BCUT2D eigenvalue weighted by Gasteiger charge is 2.39. The minimum Gasteiger partial charge on any atom is -0.466 e. The number of carbonyl (C=O) groups excluding carboxylic acids is 3. The molecule has 9 nitrogen and oxygen atoms in total. The Morgan fingerprint density at radius 2 is 1.62 bits per heavy atom. The Kier molecular flexibility index (Phi) is 9.59. The summed E-state index contributed by atoms with van der Waals surface area (Å²) in [7, 11) is 0. The number of para-hydroxylation sites is 1. The van der Waals surface area contributed by atoms with Gasteiger partial charge in [-0.05, 0) is 76.5 Å². The van der Waals surface area contributed by atoms with Crippen LogP contribution in [-0.2, 0) is 19.1 Å². The molecule has 39 heavy (non-hydrogen) atoms. The van der Waals surface area contributed by atoms with Crippen LogP contribution in [0.2, 0.25) is 0 Å². The summed E-state index contributed by atoms with van der Waals surface area (Å²) < 4.78 is 16.7. The van der Waals surface area contributed by atoms with Crippen LogP contribution in [0.3, 0.4) is 0 Å². The number of benzene rings is 2. The summed E-state index contributed by atoms with van der Waals surface area (Å²) in [6, 6.07) is 15.8. The van der Waals surface area contributed by atoms with Crippen LogP contribution in [0.25, 0.3) is 0 Å². The van der Waals surface area contributed by atoms with Gasteiger partial charge >= 0.3 is 18.0 Å². The number of hydrogen-bond acceptors (Lipinski definition) is 7. The summed E-state index contributed by atoms with van der Waals surface area (Å²) >= 11 is 0. The van der Waals surface area contributed by atoms with Gasteiger partial charge in [0.1, 0.15) is 11.5 Å². The van der Waals surface area contributed by atoms with E-state index in [4.69, 9.17) is 14.2 Å². The van der Waals surface area contributed by atoms with E-state index in [0.717, 1.165) is 0 Å². The first kappa shape index (κ1) is 28.2. The summed E-state index contributed by atoms with van der Waals surface area (Å²) in [6.45, 7) is 8.14. The molecule has 0 spiro atoms. The van der Waals surface area contributed by atoms with Gasteiger partial charge in [0, 0.05) is 18.8 Å². The van der Waals surface area contributed by atoms with Gasteiger partial charge in [-0.2, -0.15) is 0 Å². The van der Waals surface area contributed by atoms with Crippen molar-refractivity contribution in [3.8, 4) is 11.5 Å². The Morgan fingerprint density at radius 1 is 0.923 bits per heavy atom. The number of likely N-dealkylation sites (tertiary alicyclic amines) is 1. The summed E-state index contributed by atoms with van der Waals surface area (Å²) in [5.74, 6) is 0.529. The molecule has 0 saturated carbocycles. The summed E-state index contributed by atoms with van der Waals surface area (Å²) in [4.78, 5) is 42.7. The van der Waals surface area contributed by atoms with E-state index in [2.05, 4.69) is 10.2 Å². The zero-order valence-electron chi connectivity index (χ0n) is 22.9. The number of esters is 2. The molecule has 0 aliphatic carbocycles. The standard InChI is InChI=1S/C30H37N3O6/c1-4-33-25(20-32-17-15-21(16-18-32)28(34)37-5-2)26(29(35)38-6-3)27(31-30(33)36)22-11-10-14-24(19-22)39-23-12-8-7-9-13-23/h7-14,19,21,27H,4-6,15-18,20H2,1-3H3,(H,31,36). The molecule has 2 amide bonds. The number of nitrogens with zero attached hydrogens (tertiary/aromatic N) is 2. The van der Waals surface area contributed by atoms with E-state index in [1.165, 1.54) is 0 Å². The Balaban J connectivity index is 1.65. The molecule has 0 radical (unpaired) electrons. The molecule has 0 bridgehead atoms. The Hall–Kier alpha value is -3.85. The Bertz CT molecular complexity index is 1190. The first-order valence-electron chi connectivity index (χ1n) is 13.6. The first-order chi connectivity index (χ1) is 18.9. The van der Waals surface area contributed by atoms with E-state index in [1.807, 2.05) is 68.4 Å². The molecule has 4 rings (SSSR count). The lowest BCUT2D eigenvalue weighted by atomic mass is 9.93. The maximum absolute atomic E-state index is 13.4. The molecule has 0 aromatic heterocycles. The van der Waals surface area contributed by atoms with E-state index in [9.17, 15) is 14.4 Å². The fraction of sp³-hybridized carbons (Fsp3) is 0.433. The molecule has 1 unspecified atom stereocenters. The van der Waals surface area contributed by atoms with Crippen LogP contribution in [0.15, 0.2) is 65.9 Å². The smallest absolute Gasteiger partial charge is 0.338 e. The summed E-state index contributed by atoms with van der Waals surface area (Å²) in [5.41, 5.74) is 1.74. The third kappa shape index (κ3) is 6.78. The zero-order chi connectivity index (χ0) is 27.8. The quantitative estimate of drug-likeness (QED) is 0.442. The molecule has 2 aromatic rings. The lowest BCUT2D eigenvalue weighted by molar-refractivity contribution is -0.149. The second-order valence-electron chi connectivity index (χ2n) is 9.50. The molecule has 1 saturated heterocycles. The summed E-state index contributed by atoms with van der Waals surface area (Å²) in [5, 5.41) is 3.01. The number of nitrogens with one attached hydrogen (secondary N) is 1. The molecular formula is C30H37N3O6. The van der Waals surface area contributed by atoms with Crippen LogP contribution in [0.5, 0.6) is 11.5 Å². The topological polar surface area (TPSA) is 97.4 Å². The van der Waals surface area contributed by atoms with Crippen LogP contribution >= 0.6 is 0 Å². The second-order valence-corrected chi connectivity index (χ2v) is 9.50. The number of carbonyl (C=O) groups is 3. The summed E-state index contributed by atoms with van der Waals surface area (Å²) in [6.07, 6.45) is 1.34. The molecule has 1 atom stereocenters. The first-order valence-corrected chi connectivity index (χ1v) is 13.6. The van der Waals surface area contributed by atoms with Crippen molar-refractivity contribution in [3.05, 3.63) is 71.4 Å². The van der Waals surface area contributed by atoms with Crippen LogP contribution < -0.4 is 10.1 Å². The van der Waals surface area contributed by atoms with Crippen molar-refractivity contribution in [2.45, 2.75) is 39.7 Å². The van der Waals surface area contributed by atoms with Crippen molar-refractivity contribution in [1.82, 2.24) is 15.1 Å². The lowest BCUT2D eigenvalue weighted by Gasteiger charge is -2.39. The predicted molar refractivity (Wildman–Crippen MR) is 146 cm³/mol. The zero-order valence-corrected chi connectivity index (χ0v) is 22.9. The van der Waals surface area contributed by atoms with Gasteiger partial charge in [-0.15, -0.1) is 0 Å². The van der Waals surface area contributed by atoms with Crippen molar-refractivity contribution in [2.75, 3.05) is 39.4 Å². The largest absolute Gasteiger partial charge is 0.466 e. The van der Waals surface area contributed by atoms with Crippen molar-refractivity contribution >= 4 is 18.0 Å². The maximum Gasteiger partial charge on any atom is 0.338 e. The average Bonchev–Trinajstić information content (AvgIpc) is 2.94. The second kappa shape index (κ2) is 13.3. The van der Waals surface area contributed by atoms with Crippen LogP contribution in [-0.4, -0.2) is 67.2 Å². The van der Waals surface area contributed by atoms with Crippen LogP contribution in [0, 0.1) is 5.92 Å². The number of urea groups is 1. The van der Waals surface area contributed by atoms with Gasteiger partial charge in [0.2, 0.25) is 0 Å². The molecule has 9 heteroatoms. The number of ether oxygens (including phenoxy) is 3. The van der Waals surface area contributed by atoms with Gasteiger partial charge in [0.25, 0.3) is 0 Å². The molecule has 2 aliphatic heterocycles. The van der Waals surface area contributed by atoms with Crippen molar-refractivity contribution in [1.29, 1.82) is 0 Å². The monoisotopic (exact) mass is 535 g/mol. The maximum atomic E-state index is 13.4. The fourth-order valence-electron chi connectivity index (χ4n) is 5.09. The minimum absolute atomic E-state index is 0.128. The molecular weight excluding hydrogens is 498 g/mol. The normalized spacial score (nSPS) is 18.5. The number of piperidine rings is 1. The van der Waals surface area contributed by atoms with Crippen LogP contribution in [0.1, 0.15) is 45.2 Å². The minimum atomic E-state index is -0.703. The van der Waals surface area contributed by atoms with E-state index in [-0.39, 0.29) is 24.5 Å². The lowest BCUT2D eigenvalue weighted by Crippen LogP contribution is -2.51.